The SMILES string of the molecule is Cn1c(Br)c(S(=O)(=O)N(c2ccc(F)c(C#N)c2)[C@](C)(F)C(F)F)c(Cl)c1C(N)=O. The molecule has 2 rings (SSSR count). The second kappa shape index (κ2) is 8.09. The van der Waals surface area contributed by atoms with Crippen molar-refractivity contribution in [3.8, 4) is 6.07 Å². The molecule has 0 fully saturated rings. The first-order chi connectivity index (χ1) is 13.7. The van der Waals surface area contributed by atoms with Gasteiger partial charge in [-0.05, 0) is 41.1 Å². The van der Waals surface area contributed by atoms with Gasteiger partial charge in [0.1, 0.15) is 27.1 Å². The fourth-order valence-electron chi connectivity index (χ4n) is 2.62. The van der Waals surface area contributed by atoms with E-state index in [2.05, 4.69) is 15.9 Å². The largest absolute Gasteiger partial charge is 0.364 e. The Morgan fingerprint density at radius 1 is 1.43 bits per heavy atom. The summed E-state index contributed by atoms with van der Waals surface area (Å²) in [5.74, 6) is -6.07. The summed E-state index contributed by atoms with van der Waals surface area (Å²) in [5, 5.41) is 8.22. The van der Waals surface area contributed by atoms with Crippen LogP contribution in [-0.4, -0.2) is 31.1 Å². The maximum atomic E-state index is 15.1. The van der Waals surface area contributed by atoms with Gasteiger partial charge in [-0.1, -0.05) is 11.6 Å². The zero-order chi connectivity index (χ0) is 23.2. The third-order valence-corrected chi connectivity index (χ3v) is 7.69. The monoisotopic (exact) mass is 530 g/mol. The molecule has 0 aliphatic carbocycles. The Balaban J connectivity index is 2.92. The molecule has 1 atom stereocenters. The minimum Gasteiger partial charge on any atom is -0.364 e. The van der Waals surface area contributed by atoms with Crippen molar-refractivity contribution >= 4 is 49.1 Å². The number of carbonyl (C=O) groups excluding carboxylic acids is 1. The van der Waals surface area contributed by atoms with E-state index >= 15 is 4.39 Å². The number of alkyl halides is 3. The first-order valence-corrected chi connectivity index (χ1v) is 10.4. The number of primary amides is 1. The predicted molar refractivity (Wildman–Crippen MR) is 103 cm³/mol. The van der Waals surface area contributed by atoms with Gasteiger partial charge in [0.25, 0.3) is 28.1 Å². The van der Waals surface area contributed by atoms with Gasteiger partial charge in [0.15, 0.2) is 0 Å². The molecule has 0 unspecified atom stereocenters. The molecule has 2 aromatic rings. The first-order valence-electron chi connectivity index (χ1n) is 7.75. The molecule has 1 heterocycles. The maximum absolute atomic E-state index is 15.1. The molecule has 30 heavy (non-hydrogen) atoms. The summed E-state index contributed by atoms with van der Waals surface area (Å²) in [4.78, 5) is 10.7. The Hall–Kier alpha value is -2.30. The van der Waals surface area contributed by atoms with Crippen molar-refractivity contribution in [2.45, 2.75) is 24.0 Å². The number of sulfonamides is 1. The quantitative estimate of drug-likeness (QED) is 0.453. The van der Waals surface area contributed by atoms with Crippen molar-refractivity contribution in [2.24, 2.45) is 12.8 Å². The van der Waals surface area contributed by atoms with Crippen molar-refractivity contribution < 1.29 is 30.8 Å². The lowest BCUT2D eigenvalue weighted by Crippen LogP contribution is -2.51. The lowest BCUT2D eigenvalue weighted by atomic mass is 10.2. The van der Waals surface area contributed by atoms with Crippen LogP contribution in [0.5, 0.6) is 0 Å². The second-order valence-electron chi connectivity index (χ2n) is 6.08. The number of benzene rings is 1. The summed E-state index contributed by atoms with van der Waals surface area (Å²) in [6, 6.07) is 3.32. The van der Waals surface area contributed by atoms with Crippen LogP contribution in [0, 0.1) is 17.1 Å². The highest BCUT2D eigenvalue weighted by atomic mass is 79.9. The van der Waals surface area contributed by atoms with Crippen LogP contribution in [0.3, 0.4) is 0 Å². The van der Waals surface area contributed by atoms with Crippen molar-refractivity contribution in [3.05, 3.63) is 44.9 Å². The van der Waals surface area contributed by atoms with Crippen molar-refractivity contribution in [3.63, 3.8) is 0 Å². The minimum atomic E-state index is -5.25. The first kappa shape index (κ1) is 24.0. The van der Waals surface area contributed by atoms with E-state index in [-0.39, 0.29) is 15.8 Å². The molecule has 0 aliphatic rings. The van der Waals surface area contributed by atoms with Gasteiger partial charge in [-0.25, -0.2) is 30.3 Å². The Labute approximate surface area is 181 Å². The average Bonchev–Trinajstić information content (AvgIpc) is 2.85. The van der Waals surface area contributed by atoms with Crippen LogP contribution in [0.15, 0.2) is 27.7 Å². The molecule has 162 valence electrons. The molecule has 1 amide bonds. The number of nitriles is 1. The van der Waals surface area contributed by atoms with Gasteiger partial charge in [-0.3, -0.25) is 4.79 Å². The summed E-state index contributed by atoms with van der Waals surface area (Å²) in [6.07, 6.45) is -3.86. The van der Waals surface area contributed by atoms with Crippen LogP contribution in [0.2, 0.25) is 5.02 Å². The van der Waals surface area contributed by atoms with Crippen LogP contribution >= 0.6 is 27.5 Å². The fourth-order valence-corrected chi connectivity index (χ4v) is 6.12. The summed E-state index contributed by atoms with van der Waals surface area (Å²) >= 11 is 8.86. The highest BCUT2D eigenvalue weighted by Crippen LogP contribution is 2.42. The van der Waals surface area contributed by atoms with Crippen LogP contribution in [-0.2, 0) is 17.1 Å². The van der Waals surface area contributed by atoms with E-state index in [1.165, 1.54) is 13.1 Å². The number of anilines is 1. The zero-order valence-electron chi connectivity index (χ0n) is 15.1. The van der Waals surface area contributed by atoms with E-state index in [0.717, 1.165) is 4.57 Å². The zero-order valence-corrected chi connectivity index (χ0v) is 18.3. The number of hydrogen-bond acceptors (Lipinski definition) is 4. The Morgan fingerprint density at radius 3 is 2.43 bits per heavy atom. The highest BCUT2D eigenvalue weighted by Gasteiger charge is 2.50. The van der Waals surface area contributed by atoms with Gasteiger partial charge in [0.2, 0.25) is 0 Å². The van der Waals surface area contributed by atoms with Gasteiger partial charge < -0.3 is 10.3 Å². The summed E-state index contributed by atoms with van der Waals surface area (Å²) in [5.41, 5.74) is 3.20. The molecular formula is C16H12BrClF4N4O3S. The predicted octanol–water partition coefficient (Wildman–Crippen LogP) is 3.70. The molecule has 2 N–H and O–H groups in total. The number of nitrogens with zero attached hydrogens (tertiary/aromatic N) is 3. The average molecular weight is 532 g/mol. The highest BCUT2D eigenvalue weighted by molar-refractivity contribution is 9.10. The van der Waals surface area contributed by atoms with Crippen LogP contribution in [0.4, 0.5) is 23.2 Å². The Kier molecular flexibility index (Phi) is 6.46. The van der Waals surface area contributed by atoms with E-state index in [9.17, 15) is 26.4 Å². The summed E-state index contributed by atoms with van der Waals surface area (Å²) in [7, 11) is -4.05. The molecule has 7 nitrogen and oxygen atoms in total. The molecule has 0 saturated carbocycles. The van der Waals surface area contributed by atoms with E-state index in [4.69, 9.17) is 22.6 Å². The van der Waals surface area contributed by atoms with Gasteiger partial charge in [0.05, 0.1) is 16.3 Å². The molecule has 0 aliphatic heterocycles. The molecule has 1 aromatic carbocycles. The van der Waals surface area contributed by atoms with E-state index < -0.39 is 60.8 Å². The third kappa shape index (κ3) is 3.75. The second-order valence-corrected chi connectivity index (χ2v) is 8.93. The van der Waals surface area contributed by atoms with E-state index in [1.807, 2.05) is 0 Å². The number of halogens is 6. The summed E-state index contributed by atoms with van der Waals surface area (Å²) in [6.45, 7) is 0.282. The maximum Gasteiger partial charge on any atom is 0.291 e. The summed E-state index contributed by atoms with van der Waals surface area (Å²) < 4.78 is 82.6. The molecule has 14 heteroatoms. The van der Waals surface area contributed by atoms with Crippen molar-refractivity contribution in [1.29, 1.82) is 5.26 Å². The number of nitrogens with two attached hydrogens (primary N) is 1. The molecule has 0 radical (unpaired) electrons. The molecule has 0 saturated heterocycles. The number of hydrogen-bond donors (Lipinski definition) is 1. The van der Waals surface area contributed by atoms with Gasteiger partial charge in [-0.2, -0.15) is 5.26 Å². The smallest absolute Gasteiger partial charge is 0.291 e. The normalized spacial score (nSPS) is 13.7. The van der Waals surface area contributed by atoms with Crippen LogP contribution < -0.4 is 10.0 Å². The van der Waals surface area contributed by atoms with Gasteiger partial charge in [0, 0.05) is 7.05 Å². The molecular weight excluding hydrogens is 520 g/mol. The van der Waals surface area contributed by atoms with Crippen molar-refractivity contribution in [2.75, 3.05) is 4.31 Å². The van der Waals surface area contributed by atoms with Gasteiger partial charge >= 0.3 is 0 Å². The Morgan fingerprint density at radius 2 is 2.00 bits per heavy atom. The van der Waals surface area contributed by atoms with E-state index in [1.54, 1.807) is 0 Å². The minimum absolute atomic E-state index is 0.282. The molecule has 0 bridgehead atoms. The standard InChI is InChI=1S/C16H12BrClF4N4O3S/c1-16(22,15(20)21)26(8-3-4-9(19)7(5-8)6-23)30(28,29)12-10(18)11(14(24)27)25(2)13(12)17/h3-5,15H,1-2H3,(H2,24,27)/t16-/m0/s1. The van der Waals surface area contributed by atoms with Gasteiger partial charge in [-0.15, -0.1) is 0 Å². The van der Waals surface area contributed by atoms with Crippen molar-refractivity contribution in [1.82, 2.24) is 4.57 Å². The topological polar surface area (TPSA) is 109 Å². The number of amides is 1. The number of carbonyl (C=O) groups is 1. The Bertz CT molecular complexity index is 1180. The fraction of sp³-hybridized carbons (Fsp3) is 0.250. The number of aromatic nitrogens is 1. The molecule has 0 spiro atoms. The number of rotatable bonds is 6. The van der Waals surface area contributed by atoms with E-state index in [0.29, 0.717) is 18.2 Å². The third-order valence-electron chi connectivity index (χ3n) is 4.06. The lowest BCUT2D eigenvalue weighted by molar-refractivity contribution is -0.0135. The molecule has 1 aromatic heterocycles. The van der Waals surface area contributed by atoms with Crippen LogP contribution in [0.25, 0.3) is 0 Å². The lowest BCUT2D eigenvalue weighted by Gasteiger charge is -2.35. The van der Waals surface area contributed by atoms with Crippen LogP contribution in [0.1, 0.15) is 23.0 Å².